The zero-order valence-corrected chi connectivity index (χ0v) is 16.4. The number of esters is 1. The van der Waals surface area contributed by atoms with Crippen molar-refractivity contribution in [2.75, 3.05) is 19.1 Å². The third-order valence-electron chi connectivity index (χ3n) is 4.24. The van der Waals surface area contributed by atoms with Crippen LogP contribution in [0, 0.1) is 18.3 Å². The van der Waals surface area contributed by atoms with Crippen LogP contribution >= 0.6 is 11.6 Å². The number of rotatable bonds is 4. The molecule has 2 atom stereocenters. The fourth-order valence-electron chi connectivity index (χ4n) is 2.69. The standard InChI is InChI=1S/C13H13ClN4O2.C5H10O3/c1-2-13(7-19)5-3-9(20-13)18-6-4-8-10(15)16-12(14)17-11(8)18;1-4(2)5(7)8-3-6/h1,4,6,9,19H,3,5,7H2,(H2,15,16,17);4,6H,3H2,1-2H3/t9?,13-;/m0./s1. The highest BCUT2D eigenvalue weighted by atomic mass is 35.5. The summed E-state index contributed by atoms with van der Waals surface area (Å²) in [6.07, 6.45) is 8.21. The highest BCUT2D eigenvalue weighted by Gasteiger charge is 2.39. The third-order valence-corrected chi connectivity index (χ3v) is 4.41. The Morgan fingerprint density at radius 2 is 2.29 bits per heavy atom. The number of hydrogen-bond acceptors (Lipinski definition) is 8. The maximum atomic E-state index is 10.4. The molecule has 0 amide bonds. The Morgan fingerprint density at radius 1 is 1.57 bits per heavy atom. The Labute approximate surface area is 167 Å². The first kappa shape index (κ1) is 21.9. The van der Waals surface area contributed by atoms with Crippen molar-refractivity contribution in [3.63, 3.8) is 0 Å². The van der Waals surface area contributed by atoms with Crippen molar-refractivity contribution in [2.24, 2.45) is 5.92 Å². The number of terminal acetylenes is 1. The number of halogens is 1. The van der Waals surface area contributed by atoms with Crippen molar-refractivity contribution in [2.45, 2.75) is 38.5 Å². The number of aliphatic hydroxyl groups excluding tert-OH is 2. The van der Waals surface area contributed by atoms with E-state index < -0.39 is 12.4 Å². The van der Waals surface area contributed by atoms with E-state index in [1.54, 1.807) is 26.1 Å². The molecule has 0 spiro atoms. The van der Waals surface area contributed by atoms with E-state index in [9.17, 15) is 9.90 Å². The normalized spacial score (nSPS) is 21.2. The van der Waals surface area contributed by atoms with E-state index in [-0.39, 0.29) is 30.0 Å². The summed E-state index contributed by atoms with van der Waals surface area (Å²) < 4.78 is 11.8. The summed E-state index contributed by atoms with van der Waals surface area (Å²) in [7, 11) is 0. The van der Waals surface area contributed by atoms with Crippen LogP contribution in [0.15, 0.2) is 12.3 Å². The van der Waals surface area contributed by atoms with E-state index in [1.165, 1.54) is 0 Å². The van der Waals surface area contributed by atoms with Gasteiger partial charge in [-0.15, -0.1) is 6.42 Å². The summed E-state index contributed by atoms with van der Waals surface area (Å²) in [5.41, 5.74) is 5.48. The van der Waals surface area contributed by atoms with Gasteiger partial charge in [-0.25, -0.2) is 4.98 Å². The molecular weight excluding hydrogens is 388 g/mol. The summed E-state index contributed by atoms with van der Waals surface area (Å²) >= 11 is 5.84. The van der Waals surface area contributed by atoms with Gasteiger partial charge in [-0.05, 0) is 30.5 Å². The van der Waals surface area contributed by atoms with Crippen LogP contribution in [-0.4, -0.2) is 49.7 Å². The highest BCUT2D eigenvalue weighted by Crippen LogP contribution is 2.37. The molecule has 28 heavy (non-hydrogen) atoms. The number of carbonyl (C=O) groups is 1. The predicted molar refractivity (Wildman–Crippen MR) is 103 cm³/mol. The number of aromatic nitrogens is 3. The zero-order valence-electron chi connectivity index (χ0n) is 15.6. The Kier molecular flexibility index (Phi) is 7.21. The average Bonchev–Trinajstić information content (AvgIpc) is 3.27. The number of nitrogens with zero attached hydrogens (tertiary/aromatic N) is 3. The van der Waals surface area contributed by atoms with Crippen LogP contribution < -0.4 is 5.73 Å². The summed E-state index contributed by atoms with van der Waals surface area (Å²) in [5.74, 6) is 2.32. The first-order valence-electron chi connectivity index (χ1n) is 8.60. The monoisotopic (exact) mass is 410 g/mol. The van der Waals surface area contributed by atoms with Gasteiger partial charge in [0.1, 0.15) is 17.7 Å². The van der Waals surface area contributed by atoms with Crippen molar-refractivity contribution in [3.05, 3.63) is 17.5 Å². The largest absolute Gasteiger partial charge is 0.438 e. The van der Waals surface area contributed by atoms with Gasteiger partial charge < -0.3 is 30.0 Å². The molecule has 0 saturated carbocycles. The molecule has 2 aromatic rings. The highest BCUT2D eigenvalue weighted by molar-refractivity contribution is 6.28. The van der Waals surface area contributed by atoms with Gasteiger partial charge in [0.15, 0.2) is 12.4 Å². The van der Waals surface area contributed by atoms with E-state index in [4.69, 9.17) is 33.6 Å². The van der Waals surface area contributed by atoms with E-state index in [1.807, 2.05) is 4.57 Å². The molecular formula is C18H23ClN4O5. The van der Waals surface area contributed by atoms with Crippen LogP contribution in [0.2, 0.25) is 5.28 Å². The molecule has 1 aliphatic rings. The minimum absolute atomic E-state index is 0.0818. The van der Waals surface area contributed by atoms with Gasteiger partial charge in [-0.2, -0.15) is 4.98 Å². The van der Waals surface area contributed by atoms with Crippen molar-refractivity contribution < 1.29 is 24.5 Å². The maximum absolute atomic E-state index is 10.4. The molecule has 0 aromatic carbocycles. The van der Waals surface area contributed by atoms with E-state index in [0.717, 1.165) is 0 Å². The van der Waals surface area contributed by atoms with E-state index in [2.05, 4.69) is 20.6 Å². The Morgan fingerprint density at radius 3 is 2.79 bits per heavy atom. The van der Waals surface area contributed by atoms with Crippen molar-refractivity contribution >= 4 is 34.4 Å². The summed E-state index contributed by atoms with van der Waals surface area (Å²) in [6.45, 7) is 2.68. The van der Waals surface area contributed by atoms with Crippen LogP contribution in [0.25, 0.3) is 11.0 Å². The first-order valence-corrected chi connectivity index (χ1v) is 8.98. The van der Waals surface area contributed by atoms with Crippen LogP contribution in [-0.2, 0) is 14.3 Å². The quantitative estimate of drug-likeness (QED) is 0.299. The zero-order chi connectivity index (χ0) is 20.9. The lowest BCUT2D eigenvalue weighted by atomic mass is 10.0. The van der Waals surface area contributed by atoms with Gasteiger partial charge in [-0.3, -0.25) is 4.79 Å². The van der Waals surface area contributed by atoms with Crippen LogP contribution in [0.3, 0.4) is 0 Å². The molecule has 1 saturated heterocycles. The summed E-state index contributed by atoms with van der Waals surface area (Å²) in [4.78, 5) is 18.5. The molecule has 0 bridgehead atoms. The molecule has 3 rings (SSSR count). The second-order valence-corrected chi connectivity index (χ2v) is 6.83. The fraction of sp³-hybridized carbons (Fsp3) is 0.500. The molecule has 1 aliphatic heterocycles. The molecule has 9 nitrogen and oxygen atoms in total. The molecule has 1 unspecified atom stereocenters. The number of nitrogen functional groups attached to an aromatic ring is 1. The Hall–Kier alpha value is -2.38. The molecule has 152 valence electrons. The summed E-state index contributed by atoms with van der Waals surface area (Å²) in [5, 5.41) is 18.2. The van der Waals surface area contributed by atoms with Crippen LogP contribution in [0.5, 0.6) is 0 Å². The van der Waals surface area contributed by atoms with Crippen LogP contribution in [0.4, 0.5) is 5.82 Å². The van der Waals surface area contributed by atoms with Gasteiger partial charge in [-0.1, -0.05) is 19.8 Å². The topological polar surface area (TPSA) is 133 Å². The number of anilines is 1. The molecule has 0 radical (unpaired) electrons. The minimum atomic E-state index is -0.927. The molecule has 3 heterocycles. The second-order valence-electron chi connectivity index (χ2n) is 6.49. The molecule has 10 heteroatoms. The third kappa shape index (κ3) is 4.72. The summed E-state index contributed by atoms with van der Waals surface area (Å²) in [6, 6.07) is 1.80. The molecule has 2 aromatic heterocycles. The van der Waals surface area contributed by atoms with Gasteiger partial charge in [0.25, 0.3) is 0 Å². The smallest absolute Gasteiger partial charge is 0.310 e. The van der Waals surface area contributed by atoms with Gasteiger partial charge in [0.2, 0.25) is 5.28 Å². The maximum Gasteiger partial charge on any atom is 0.310 e. The van der Waals surface area contributed by atoms with Gasteiger partial charge in [0.05, 0.1) is 17.9 Å². The minimum Gasteiger partial charge on any atom is -0.438 e. The lowest BCUT2D eigenvalue weighted by molar-refractivity contribution is -0.155. The molecule has 4 N–H and O–H groups in total. The first-order chi connectivity index (χ1) is 13.3. The number of aliphatic hydroxyl groups is 2. The van der Waals surface area contributed by atoms with Crippen molar-refractivity contribution in [3.8, 4) is 12.3 Å². The molecule has 0 aliphatic carbocycles. The van der Waals surface area contributed by atoms with Crippen molar-refractivity contribution in [1.29, 1.82) is 0 Å². The van der Waals surface area contributed by atoms with E-state index in [0.29, 0.717) is 29.7 Å². The second kappa shape index (κ2) is 9.21. The molecule has 1 fully saturated rings. The lowest BCUT2D eigenvalue weighted by Crippen LogP contribution is -2.31. The number of fused-ring (bicyclic) bond motifs is 1. The average molecular weight is 411 g/mol. The van der Waals surface area contributed by atoms with E-state index >= 15 is 0 Å². The van der Waals surface area contributed by atoms with Gasteiger partial charge >= 0.3 is 5.97 Å². The Bertz CT molecular complexity index is 879. The Balaban J connectivity index is 0.000000300. The SMILES string of the molecule is C#C[C@@]1(CO)CCC(n2ccc3c(N)nc(Cl)nc32)O1.CC(C)C(=O)OCO. The van der Waals surface area contributed by atoms with Gasteiger partial charge in [0, 0.05) is 6.20 Å². The number of hydrogen-bond donors (Lipinski definition) is 3. The fourth-order valence-corrected chi connectivity index (χ4v) is 2.86. The number of carbonyl (C=O) groups excluding carboxylic acids is 1. The van der Waals surface area contributed by atoms with Crippen LogP contribution in [0.1, 0.15) is 32.9 Å². The van der Waals surface area contributed by atoms with Crippen molar-refractivity contribution in [1.82, 2.24) is 14.5 Å². The lowest BCUT2D eigenvalue weighted by Gasteiger charge is -2.21. The number of ether oxygens (including phenoxy) is 2. The predicted octanol–water partition coefficient (Wildman–Crippen LogP) is 1.48. The number of nitrogens with two attached hydrogens (primary N) is 1.